The second kappa shape index (κ2) is 8.68. The molecule has 0 aliphatic heterocycles. The highest BCUT2D eigenvalue weighted by atomic mass is 35.5. The molecule has 5 heteroatoms. The number of nitrogens with two attached hydrogens (primary N) is 1. The Bertz CT molecular complexity index is 89.7. The lowest BCUT2D eigenvalue weighted by molar-refractivity contribution is -0.124. The van der Waals surface area contributed by atoms with E-state index in [1.165, 1.54) is 7.11 Å². The Morgan fingerprint density at radius 3 is 2.70 bits per heavy atom. The first-order chi connectivity index (χ1) is 4.31. The van der Waals surface area contributed by atoms with Gasteiger partial charge in [-0.3, -0.25) is 4.79 Å². The van der Waals surface area contributed by atoms with Gasteiger partial charge < -0.3 is 15.8 Å². The van der Waals surface area contributed by atoms with Gasteiger partial charge in [0.25, 0.3) is 0 Å². The molecule has 0 rings (SSSR count). The Morgan fingerprint density at radius 2 is 2.30 bits per heavy atom. The zero-order valence-electron chi connectivity index (χ0n) is 5.92. The first-order valence-electron chi connectivity index (χ1n) is 2.77. The number of carbonyl (C=O) groups is 1. The maximum Gasteiger partial charge on any atom is 0.246 e. The van der Waals surface area contributed by atoms with Crippen molar-refractivity contribution in [2.45, 2.75) is 0 Å². The first-order valence-corrected chi connectivity index (χ1v) is 2.77. The molecule has 0 aliphatic rings. The number of methoxy groups -OCH3 is 1. The molecule has 3 N–H and O–H groups in total. The Labute approximate surface area is 66.5 Å². The minimum absolute atomic E-state index is 0. The molecule has 0 fully saturated rings. The van der Waals surface area contributed by atoms with Crippen molar-refractivity contribution in [3.63, 3.8) is 0 Å². The van der Waals surface area contributed by atoms with Gasteiger partial charge in [-0.1, -0.05) is 0 Å². The fraction of sp³-hybridized carbons (Fsp3) is 0.800. The molecule has 0 spiro atoms. The van der Waals surface area contributed by atoms with Crippen LogP contribution in [-0.2, 0) is 9.53 Å². The van der Waals surface area contributed by atoms with Crippen LogP contribution in [0, 0.1) is 0 Å². The van der Waals surface area contributed by atoms with Crippen LogP contribution in [0.15, 0.2) is 0 Å². The number of hydrogen-bond acceptors (Lipinski definition) is 3. The second-order valence-electron chi connectivity index (χ2n) is 1.57. The Morgan fingerprint density at radius 1 is 1.70 bits per heavy atom. The Hall–Kier alpha value is -0.320. The largest absolute Gasteiger partial charge is 0.375 e. The predicted octanol–water partition coefficient (Wildman–Crippen LogP) is -0.871. The highest BCUT2D eigenvalue weighted by molar-refractivity contribution is 5.85. The molecular weight excluding hydrogens is 156 g/mol. The number of rotatable bonds is 4. The topological polar surface area (TPSA) is 64.3 Å². The molecule has 10 heavy (non-hydrogen) atoms. The minimum Gasteiger partial charge on any atom is -0.375 e. The van der Waals surface area contributed by atoms with Gasteiger partial charge in [-0.2, -0.15) is 0 Å². The normalized spacial score (nSPS) is 8.20. The van der Waals surface area contributed by atoms with Crippen LogP contribution in [0.3, 0.4) is 0 Å². The SMILES string of the molecule is COCC(=O)NCCN.Cl. The molecule has 0 bridgehead atoms. The highest BCUT2D eigenvalue weighted by Gasteiger charge is 1.94. The maximum atomic E-state index is 10.5. The molecule has 0 radical (unpaired) electrons. The van der Waals surface area contributed by atoms with Crippen molar-refractivity contribution < 1.29 is 9.53 Å². The van der Waals surface area contributed by atoms with Crippen LogP contribution in [0.5, 0.6) is 0 Å². The average Bonchev–Trinajstić information content (AvgIpc) is 1.85. The van der Waals surface area contributed by atoms with E-state index in [-0.39, 0.29) is 24.9 Å². The molecule has 0 aromatic heterocycles. The van der Waals surface area contributed by atoms with E-state index in [4.69, 9.17) is 5.73 Å². The summed E-state index contributed by atoms with van der Waals surface area (Å²) in [5.74, 6) is -0.122. The number of nitrogens with one attached hydrogen (secondary N) is 1. The van der Waals surface area contributed by atoms with Crippen LogP contribution in [0.25, 0.3) is 0 Å². The van der Waals surface area contributed by atoms with Gasteiger partial charge in [0.05, 0.1) is 0 Å². The molecular formula is C5H13ClN2O2. The molecule has 0 atom stereocenters. The summed E-state index contributed by atoms with van der Waals surface area (Å²) in [7, 11) is 1.47. The summed E-state index contributed by atoms with van der Waals surface area (Å²) in [5.41, 5.74) is 5.12. The fourth-order valence-corrected chi connectivity index (χ4v) is 0.394. The van der Waals surface area contributed by atoms with Gasteiger partial charge in [0.2, 0.25) is 5.91 Å². The molecule has 0 aliphatic carbocycles. The molecule has 0 saturated heterocycles. The quantitative estimate of drug-likeness (QED) is 0.574. The van der Waals surface area contributed by atoms with Gasteiger partial charge in [0, 0.05) is 20.2 Å². The molecule has 4 nitrogen and oxygen atoms in total. The van der Waals surface area contributed by atoms with E-state index in [0.717, 1.165) is 0 Å². The fourth-order valence-electron chi connectivity index (χ4n) is 0.394. The van der Waals surface area contributed by atoms with Gasteiger partial charge in [-0.15, -0.1) is 12.4 Å². The van der Waals surface area contributed by atoms with E-state index in [9.17, 15) is 4.79 Å². The van der Waals surface area contributed by atoms with Crippen LogP contribution in [0.4, 0.5) is 0 Å². The van der Waals surface area contributed by atoms with E-state index < -0.39 is 0 Å². The molecule has 0 saturated carbocycles. The van der Waals surface area contributed by atoms with Gasteiger partial charge in [0.15, 0.2) is 0 Å². The molecule has 0 aromatic carbocycles. The lowest BCUT2D eigenvalue weighted by Crippen LogP contribution is -2.31. The summed E-state index contributed by atoms with van der Waals surface area (Å²) in [6, 6.07) is 0. The summed E-state index contributed by atoms with van der Waals surface area (Å²) in [4.78, 5) is 10.5. The maximum absolute atomic E-state index is 10.5. The van der Waals surface area contributed by atoms with E-state index in [0.29, 0.717) is 13.1 Å². The van der Waals surface area contributed by atoms with Gasteiger partial charge >= 0.3 is 0 Å². The number of ether oxygens (including phenoxy) is 1. The molecule has 1 amide bonds. The Kier molecular flexibility index (Phi) is 10.7. The lowest BCUT2D eigenvalue weighted by atomic mass is 10.6. The number of amides is 1. The molecule has 0 heterocycles. The molecule has 0 aromatic rings. The van der Waals surface area contributed by atoms with Crippen LogP contribution in [0.2, 0.25) is 0 Å². The van der Waals surface area contributed by atoms with Crippen molar-refractivity contribution in [2.24, 2.45) is 5.73 Å². The third-order valence-electron chi connectivity index (χ3n) is 0.742. The summed E-state index contributed by atoms with van der Waals surface area (Å²) in [5, 5.41) is 2.54. The van der Waals surface area contributed by atoms with Crippen LogP contribution >= 0.6 is 12.4 Å². The zero-order valence-corrected chi connectivity index (χ0v) is 6.74. The van der Waals surface area contributed by atoms with E-state index in [1.807, 2.05) is 0 Å². The van der Waals surface area contributed by atoms with E-state index >= 15 is 0 Å². The van der Waals surface area contributed by atoms with Crippen molar-refractivity contribution in [3.8, 4) is 0 Å². The summed E-state index contributed by atoms with van der Waals surface area (Å²) in [6.45, 7) is 1.09. The third kappa shape index (κ3) is 7.68. The predicted molar refractivity (Wildman–Crippen MR) is 41.2 cm³/mol. The monoisotopic (exact) mass is 168 g/mol. The lowest BCUT2D eigenvalue weighted by Gasteiger charge is -1.99. The summed E-state index contributed by atoms with van der Waals surface area (Å²) < 4.78 is 4.55. The van der Waals surface area contributed by atoms with Crippen LogP contribution < -0.4 is 11.1 Å². The Balaban J connectivity index is 0. The van der Waals surface area contributed by atoms with E-state index in [2.05, 4.69) is 10.1 Å². The zero-order chi connectivity index (χ0) is 7.11. The first kappa shape index (κ1) is 12.4. The smallest absolute Gasteiger partial charge is 0.246 e. The van der Waals surface area contributed by atoms with Crippen molar-refractivity contribution >= 4 is 18.3 Å². The van der Waals surface area contributed by atoms with E-state index in [1.54, 1.807) is 0 Å². The molecule has 0 unspecified atom stereocenters. The second-order valence-corrected chi connectivity index (χ2v) is 1.57. The average molecular weight is 169 g/mol. The number of halogens is 1. The van der Waals surface area contributed by atoms with Gasteiger partial charge in [0.1, 0.15) is 6.61 Å². The number of hydrogen-bond donors (Lipinski definition) is 2. The van der Waals surface area contributed by atoms with Crippen molar-refractivity contribution in [3.05, 3.63) is 0 Å². The summed E-state index contributed by atoms with van der Waals surface area (Å²) in [6.07, 6.45) is 0. The highest BCUT2D eigenvalue weighted by Crippen LogP contribution is 1.66. The van der Waals surface area contributed by atoms with Crippen molar-refractivity contribution in [1.82, 2.24) is 5.32 Å². The van der Waals surface area contributed by atoms with Crippen LogP contribution in [-0.4, -0.2) is 32.7 Å². The van der Waals surface area contributed by atoms with Gasteiger partial charge in [-0.05, 0) is 0 Å². The van der Waals surface area contributed by atoms with Crippen molar-refractivity contribution in [1.29, 1.82) is 0 Å². The third-order valence-corrected chi connectivity index (χ3v) is 0.742. The van der Waals surface area contributed by atoms with Gasteiger partial charge in [-0.25, -0.2) is 0 Å². The summed E-state index contributed by atoms with van der Waals surface area (Å²) >= 11 is 0. The standard InChI is InChI=1S/C5H12N2O2.ClH/c1-9-4-5(8)7-3-2-6;/h2-4,6H2,1H3,(H,7,8);1H. The minimum atomic E-state index is -0.122. The van der Waals surface area contributed by atoms with Crippen molar-refractivity contribution in [2.75, 3.05) is 26.8 Å². The molecule has 62 valence electrons. The van der Waals surface area contributed by atoms with Crippen LogP contribution in [0.1, 0.15) is 0 Å². The number of carbonyl (C=O) groups excluding carboxylic acids is 1.